The third-order valence-corrected chi connectivity index (χ3v) is 5.88. The number of benzene rings is 2. The largest absolute Gasteiger partial charge is 0.493 e. The number of hydrogen-bond acceptors (Lipinski definition) is 7. The third-order valence-electron chi connectivity index (χ3n) is 4.17. The minimum absolute atomic E-state index is 0.226. The normalized spacial score (nSPS) is 14.9. The molecule has 0 aliphatic carbocycles. The number of halogens is 1. The lowest BCUT2D eigenvalue weighted by molar-refractivity contribution is -0.143. The number of ether oxygens (including phenoxy) is 3. The van der Waals surface area contributed by atoms with Gasteiger partial charge in [0.05, 0.1) is 29.2 Å². The molecule has 30 heavy (non-hydrogen) atoms. The van der Waals surface area contributed by atoms with Gasteiger partial charge in [-0.1, -0.05) is 30.3 Å². The van der Waals surface area contributed by atoms with Crippen molar-refractivity contribution in [1.29, 1.82) is 0 Å². The average Bonchev–Trinajstić information content (AvgIpc) is 3.00. The van der Waals surface area contributed by atoms with E-state index in [4.69, 9.17) is 9.47 Å². The number of hydrogen-bond donors (Lipinski definition) is 0. The number of nitrogens with zero attached hydrogens (tertiary/aromatic N) is 1. The quantitative estimate of drug-likeness (QED) is 0.298. The minimum atomic E-state index is -0.510. The predicted octanol–water partition coefficient (Wildman–Crippen LogP) is 4.09. The molecular formula is C21H18INO6S. The standard InChI is InChI=1S/C21H18INO6S/c1-27-16-9-14(8-15(22)19(16)29-12-18(24)28-2)10-17-20(25)23(21(26)30-17)11-13-6-4-3-5-7-13/h3-10H,11-12H2,1-2H3/b17-10-. The van der Waals surface area contributed by atoms with E-state index in [-0.39, 0.29) is 24.3 Å². The van der Waals surface area contributed by atoms with Crippen molar-refractivity contribution in [2.75, 3.05) is 20.8 Å². The van der Waals surface area contributed by atoms with Gasteiger partial charge in [-0.15, -0.1) is 0 Å². The molecule has 1 fully saturated rings. The maximum absolute atomic E-state index is 12.7. The van der Waals surface area contributed by atoms with E-state index in [0.717, 1.165) is 17.3 Å². The van der Waals surface area contributed by atoms with E-state index in [0.29, 0.717) is 25.5 Å². The Hall–Kier alpha value is -2.53. The lowest BCUT2D eigenvalue weighted by Crippen LogP contribution is -2.27. The van der Waals surface area contributed by atoms with Crippen molar-refractivity contribution in [3.05, 3.63) is 62.1 Å². The van der Waals surface area contributed by atoms with Crippen LogP contribution in [0.2, 0.25) is 0 Å². The molecule has 0 N–H and O–H groups in total. The van der Waals surface area contributed by atoms with Gasteiger partial charge < -0.3 is 14.2 Å². The first-order valence-electron chi connectivity index (χ1n) is 8.79. The Labute approximate surface area is 191 Å². The first-order chi connectivity index (χ1) is 14.4. The van der Waals surface area contributed by atoms with Gasteiger partial charge in [-0.3, -0.25) is 14.5 Å². The summed E-state index contributed by atoms with van der Waals surface area (Å²) in [5, 5.41) is -0.310. The van der Waals surface area contributed by atoms with Crippen LogP contribution >= 0.6 is 34.4 Å². The van der Waals surface area contributed by atoms with E-state index in [1.165, 1.54) is 19.1 Å². The maximum atomic E-state index is 12.7. The summed E-state index contributed by atoms with van der Waals surface area (Å²) in [7, 11) is 2.76. The van der Waals surface area contributed by atoms with Crippen LogP contribution in [0.25, 0.3) is 6.08 Å². The van der Waals surface area contributed by atoms with Crippen molar-refractivity contribution in [2.24, 2.45) is 0 Å². The van der Waals surface area contributed by atoms with Crippen molar-refractivity contribution in [3.63, 3.8) is 0 Å². The second kappa shape index (κ2) is 9.98. The highest BCUT2D eigenvalue weighted by Gasteiger charge is 2.35. The van der Waals surface area contributed by atoms with Gasteiger partial charge in [0.25, 0.3) is 11.1 Å². The van der Waals surface area contributed by atoms with Crippen molar-refractivity contribution < 1.29 is 28.6 Å². The number of rotatable bonds is 7. The average molecular weight is 539 g/mol. The second-order valence-corrected chi connectivity index (χ2v) is 8.31. The molecule has 0 unspecified atom stereocenters. The number of imide groups is 1. The summed E-state index contributed by atoms with van der Waals surface area (Å²) < 4.78 is 16.1. The smallest absolute Gasteiger partial charge is 0.343 e. The number of methoxy groups -OCH3 is 2. The van der Waals surface area contributed by atoms with Crippen LogP contribution < -0.4 is 9.47 Å². The minimum Gasteiger partial charge on any atom is -0.493 e. The predicted molar refractivity (Wildman–Crippen MR) is 121 cm³/mol. The Bertz CT molecular complexity index is 1010. The second-order valence-electron chi connectivity index (χ2n) is 6.15. The van der Waals surface area contributed by atoms with Gasteiger partial charge >= 0.3 is 5.97 Å². The van der Waals surface area contributed by atoms with Crippen LogP contribution in [0, 0.1) is 3.57 Å². The molecule has 1 heterocycles. The van der Waals surface area contributed by atoms with Crippen LogP contribution in [0.5, 0.6) is 11.5 Å². The number of esters is 1. The van der Waals surface area contributed by atoms with Crippen LogP contribution in [0.15, 0.2) is 47.4 Å². The van der Waals surface area contributed by atoms with Crippen molar-refractivity contribution >= 4 is 57.5 Å². The highest BCUT2D eigenvalue weighted by atomic mass is 127. The molecule has 1 saturated heterocycles. The molecule has 2 amide bonds. The van der Waals surface area contributed by atoms with Gasteiger partial charge in [-0.25, -0.2) is 4.79 Å². The fourth-order valence-electron chi connectivity index (χ4n) is 2.71. The SMILES string of the molecule is COC(=O)COc1c(I)cc(/C=C2\SC(=O)N(Cc3ccccc3)C2=O)cc1OC. The fourth-order valence-corrected chi connectivity index (χ4v) is 4.33. The highest BCUT2D eigenvalue weighted by molar-refractivity contribution is 14.1. The van der Waals surface area contributed by atoms with Crippen LogP contribution in [0.3, 0.4) is 0 Å². The molecule has 1 aliphatic heterocycles. The summed E-state index contributed by atoms with van der Waals surface area (Å²) in [6.07, 6.45) is 1.64. The van der Waals surface area contributed by atoms with Gasteiger partial charge in [-0.05, 0) is 63.7 Å². The lowest BCUT2D eigenvalue weighted by Gasteiger charge is -2.13. The molecule has 0 atom stereocenters. The van der Waals surface area contributed by atoms with E-state index in [2.05, 4.69) is 27.3 Å². The summed E-state index contributed by atoms with van der Waals surface area (Å²) in [4.78, 5) is 38.0. The molecule has 0 saturated carbocycles. The zero-order valence-electron chi connectivity index (χ0n) is 16.2. The topological polar surface area (TPSA) is 82.1 Å². The van der Waals surface area contributed by atoms with E-state index in [9.17, 15) is 14.4 Å². The van der Waals surface area contributed by atoms with Gasteiger partial charge in [0.1, 0.15) is 0 Å². The van der Waals surface area contributed by atoms with Crippen LogP contribution in [0.4, 0.5) is 4.79 Å². The third kappa shape index (κ3) is 5.14. The molecule has 7 nitrogen and oxygen atoms in total. The summed E-state index contributed by atoms with van der Waals surface area (Å²) >= 11 is 2.95. The van der Waals surface area contributed by atoms with Crippen LogP contribution in [-0.4, -0.2) is 42.8 Å². The van der Waals surface area contributed by atoms with E-state index in [1.54, 1.807) is 18.2 Å². The first-order valence-corrected chi connectivity index (χ1v) is 10.7. The Kier molecular flexibility index (Phi) is 7.38. The van der Waals surface area contributed by atoms with E-state index < -0.39 is 5.97 Å². The maximum Gasteiger partial charge on any atom is 0.343 e. The molecule has 9 heteroatoms. The molecule has 0 bridgehead atoms. The van der Waals surface area contributed by atoms with Gasteiger partial charge in [-0.2, -0.15) is 0 Å². The number of thioether (sulfide) groups is 1. The number of carbonyl (C=O) groups is 3. The number of carbonyl (C=O) groups excluding carboxylic acids is 3. The Morgan fingerprint density at radius 1 is 1.17 bits per heavy atom. The lowest BCUT2D eigenvalue weighted by atomic mass is 10.1. The zero-order chi connectivity index (χ0) is 21.7. The molecule has 156 valence electrons. The molecule has 0 radical (unpaired) electrons. The van der Waals surface area contributed by atoms with Crippen molar-refractivity contribution in [1.82, 2.24) is 4.90 Å². The Morgan fingerprint density at radius 3 is 2.57 bits per heavy atom. The van der Waals surface area contributed by atoms with Crippen molar-refractivity contribution in [2.45, 2.75) is 6.54 Å². The summed E-state index contributed by atoms with van der Waals surface area (Å²) in [5.74, 6) is -0.0451. The van der Waals surface area contributed by atoms with E-state index >= 15 is 0 Å². The highest BCUT2D eigenvalue weighted by Crippen LogP contribution is 2.37. The van der Waals surface area contributed by atoms with Gasteiger partial charge in [0.2, 0.25) is 0 Å². The summed E-state index contributed by atoms with van der Waals surface area (Å²) in [6, 6.07) is 12.8. The Balaban J connectivity index is 1.82. The molecule has 2 aromatic rings. The zero-order valence-corrected chi connectivity index (χ0v) is 19.2. The summed E-state index contributed by atoms with van der Waals surface area (Å²) in [6.45, 7) is -0.0232. The molecule has 2 aromatic carbocycles. The molecule has 3 rings (SSSR count). The molecule has 0 spiro atoms. The van der Waals surface area contributed by atoms with Crippen LogP contribution in [-0.2, 0) is 20.9 Å². The monoisotopic (exact) mass is 539 g/mol. The van der Waals surface area contributed by atoms with E-state index in [1.807, 2.05) is 30.3 Å². The van der Waals surface area contributed by atoms with Crippen molar-refractivity contribution in [3.8, 4) is 11.5 Å². The first kappa shape index (κ1) is 22.2. The van der Waals surface area contributed by atoms with Crippen LogP contribution in [0.1, 0.15) is 11.1 Å². The Morgan fingerprint density at radius 2 is 1.90 bits per heavy atom. The molecular weight excluding hydrogens is 521 g/mol. The number of amides is 2. The molecule has 1 aliphatic rings. The fraction of sp³-hybridized carbons (Fsp3) is 0.190. The molecule has 0 aromatic heterocycles. The van der Waals surface area contributed by atoms with Gasteiger partial charge in [0.15, 0.2) is 18.1 Å². The summed E-state index contributed by atoms with van der Waals surface area (Å²) in [5.41, 5.74) is 1.55. The van der Waals surface area contributed by atoms with Gasteiger partial charge in [0, 0.05) is 0 Å².